The van der Waals surface area contributed by atoms with Crippen LogP contribution in [-0.4, -0.2) is 21.9 Å². The molecule has 2 nitrogen and oxygen atoms in total. The highest BCUT2D eigenvalue weighted by molar-refractivity contribution is 4.92. The molecule has 1 atom stereocenters. The summed E-state index contributed by atoms with van der Waals surface area (Å²) in [6.45, 7) is 3.56. The summed E-state index contributed by atoms with van der Waals surface area (Å²) in [5, 5.41) is 19.6. The van der Waals surface area contributed by atoms with Crippen LogP contribution in [0.1, 0.15) is 38.5 Å². The molecule has 0 amide bonds. The van der Waals surface area contributed by atoms with Gasteiger partial charge in [-0.15, -0.1) is 6.58 Å². The minimum absolute atomic E-state index is 0.497. The summed E-state index contributed by atoms with van der Waals surface area (Å²) in [5.74, 6) is 0. The minimum atomic E-state index is -0.827. The normalized spacial score (nSPS) is 24.8. The molecule has 1 aliphatic rings. The van der Waals surface area contributed by atoms with E-state index in [1.165, 1.54) is 6.42 Å². The molecule has 70 valence electrons. The first-order chi connectivity index (χ1) is 5.69. The highest BCUT2D eigenvalue weighted by Gasteiger charge is 2.35. The lowest BCUT2D eigenvalue weighted by Gasteiger charge is -2.35. The highest BCUT2D eigenvalue weighted by Crippen LogP contribution is 2.32. The molecule has 0 spiro atoms. The lowest BCUT2D eigenvalue weighted by Crippen LogP contribution is -2.43. The Bertz CT molecular complexity index is 148. The maximum Gasteiger partial charge on any atom is 0.0908 e. The molecule has 12 heavy (non-hydrogen) atoms. The first-order valence-corrected chi connectivity index (χ1v) is 4.70. The molecule has 1 unspecified atom stereocenters. The zero-order chi connectivity index (χ0) is 9.03. The average molecular weight is 170 g/mol. The van der Waals surface area contributed by atoms with E-state index in [0.717, 1.165) is 25.7 Å². The molecule has 1 fully saturated rings. The molecule has 1 rings (SSSR count). The predicted octanol–water partition coefficient (Wildman–Crippen LogP) is 1.62. The quantitative estimate of drug-likeness (QED) is 0.632. The van der Waals surface area contributed by atoms with Gasteiger partial charge in [0, 0.05) is 0 Å². The Kier molecular flexibility index (Phi) is 3.29. The second-order valence-corrected chi connectivity index (χ2v) is 3.70. The number of hydrogen-bond donors (Lipinski definition) is 2. The number of hydrogen-bond acceptors (Lipinski definition) is 2. The Balaban J connectivity index is 2.49. The Labute approximate surface area is 73.9 Å². The molecule has 0 aliphatic heterocycles. The van der Waals surface area contributed by atoms with Crippen LogP contribution in [0.25, 0.3) is 0 Å². The molecule has 1 aliphatic carbocycles. The van der Waals surface area contributed by atoms with Crippen LogP contribution in [0.5, 0.6) is 0 Å². The van der Waals surface area contributed by atoms with Crippen molar-refractivity contribution < 1.29 is 10.2 Å². The van der Waals surface area contributed by atoms with Crippen LogP contribution in [-0.2, 0) is 0 Å². The van der Waals surface area contributed by atoms with E-state index in [9.17, 15) is 10.2 Å². The van der Waals surface area contributed by atoms with Gasteiger partial charge in [0.2, 0.25) is 0 Å². The molecule has 0 aromatic heterocycles. The summed E-state index contributed by atoms with van der Waals surface area (Å²) >= 11 is 0. The smallest absolute Gasteiger partial charge is 0.0908 e. The van der Waals surface area contributed by atoms with Crippen LogP contribution in [0.4, 0.5) is 0 Å². The van der Waals surface area contributed by atoms with E-state index in [1.807, 2.05) is 0 Å². The number of rotatable bonds is 3. The third-order valence-corrected chi connectivity index (χ3v) is 2.73. The lowest BCUT2D eigenvalue weighted by atomic mass is 9.80. The SMILES string of the molecule is C=CCC(O)C1(O)CCCCC1. The first kappa shape index (κ1) is 9.75. The molecular formula is C10H18O2. The van der Waals surface area contributed by atoms with Gasteiger partial charge in [0.25, 0.3) is 0 Å². The summed E-state index contributed by atoms with van der Waals surface area (Å²) in [6.07, 6.45) is 6.27. The Morgan fingerprint density at radius 3 is 2.42 bits per heavy atom. The topological polar surface area (TPSA) is 40.5 Å². The van der Waals surface area contributed by atoms with Gasteiger partial charge in [0.15, 0.2) is 0 Å². The zero-order valence-electron chi connectivity index (χ0n) is 7.50. The second kappa shape index (κ2) is 4.06. The molecule has 2 N–H and O–H groups in total. The van der Waals surface area contributed by atoms with Crippen LogP contribution < -0.4 is 0 Å². The van der Waals surface area contributed by atoms with Crippen molar-refractivity contribution in [2.24, 2.45) is 0 Å². The van der Waals surface area contributed by atoms with E-state index in [-0.39, 0.29) is 0 Å². The predicted molar refractivity (Wildman–Crippen MR) is 48.9 cm³/mol. The molecule has 0 heterocycles. The van der Waals surface area contributed by atoms with E-state index in [2.05, 4.69) is 6.58 Å². The average Bonchev–Trinajstić information content (AvgIpc) is 2.06. The zero-order valence-corrected chi connectivity index (χ0v) is 7.50. The van der Waals surface area contributed by atoms with E-state index >= 15 is 0 Å². The van der Waals surface area contributed by atoms with Gasteiger partial charge in [-0.2, -0.15) is 0 Å². The van der Waals surface area contributed by atoms with Crippen molar-refractivity contribution in [3.8, 4) is 0 Å². The maximum absolute atomic E-state index is 9.97. The monoisotopic (exact) mass is 170 g/mol. The van der Waals surface area contributed by atoms with Gasteiger partial charge in [-0.25, -0.2) is 0 Å². The highest BCUT2D eigenvalue weighted by atomic mass is 16.3. The molecule has 0 bridgehead atoms. The van der Waals surface area contributed by atoms with Gasteiger partial charge in [-0.3, -0.25) is 0 Å². The standard InChI is InChI=1S/C10H18O2/c1-2-6-9(11)10(12)7-4-3-5-8-10/h2,9,11-12H,1,3-8H2. The Hall–Kier alpha value is -0.340. The maximum atomic E-state index is 9.97. The summed E-state index contributed by atoms with van der Waals surface area (Å²) in [5.41, 5.74) is -0.827. The Morgan fingerprint density at radius 1 is 1.33 bits per heavy atom. The van der Waals surface area contributed by atoms with Crippen LogP contribution in [0.15, 0.2) is 12.7 Å². The molecule has 0 saturated heterocycles. The minimum Gasteiger partial charge on any atom is -0.390 e. The van der Waals surface area contributed by atoms with Crippen molar-refractivity contribution in [2.75, 3.05) is 0 Å². The molecule has 2 heteroatoms. The summed E-state index contributed by atoms with van der Waals surface area (Å²) in [4.78, 5) is 0. The largest absolute Gasteiger partial charge is 0.390 e. The Morgan fingerprint density at radius 2 is 1.92 bits per heavy atom. The van der Waals surface area contributed by atoms with Gasteiger partial charge >= 0.3 is 0 Å². The first-order valence-electron chi connectivity index (χ1n) is 4.70. The van der Waals surface area contributed by atoms with Gasteiger partial charge in [0.05, 0.1) is 11.7 Å². The third-order valence-electron chi connectivity index (χ3n) is 2.73. The number of aliphatic hydroxyl groups is 2. The van der Waals surface area contributed by atoms with Crippen LogP contribution in [0, 0.1) is 0 Å². The van der Waals surface area contributed by atoms with E-state index < -0.39 is 11.7 Å². The fraction of sp³-hybridized carbons (Fsp3) is 0.800. The van der Waals surface area contributed by atoms with Crippen LogP contribution >= 0.6 is 0 Å². The van der Waals surface area contributed by atoms with Gasteiger partial charge in [-0.1, -0.05) is 25.3 Å². The molecule has 1 saturated carbocycles. The second-order valence-electron chi connectivity index (χ2n) is 3.70. The van der Waals surface area contributed by atoms with Crippen molar-refractivity contribution in [1.82, 2.24) is 0 Å². The number of aliphatic hydroxyl groups excluding tert-OH is 1. The molecule has 0 aromatic carbocycles. The summed E-state index contributed by atoms with van der Waals surface area (Å²) in [7, 11) is 0. The fourth-order valence-corrected chi connectivity index (χ4v) is 1.87. The fourth-order valence-electron chi connectivity index (χ4n) is 1.87. The van der Waals surface area contributed by atoms with Crippen molar-refractivity contribution >= 4 is 0 Å². The van der Waals surface area contributed by atoms with E-state index in [0.29, 0.717) is 6.42 Å². The molecule has 0 radical (unpaired) electrons. The van der Waals surface area contributed by atoms with Crippen molar-refractivity contribution in [2.45, 2.75) is 50.2 Å². The molecular weight excluding hydrogens is 152 g/mol. The van der Waals surface area contributed by atoms with E-state index in [1.54, 1.807) is 6.08 Å². The third kappa shape index (κ3) is 2.08. The van der Waals surface area contributed by atoms with Crippen LogP contribution in [0.3, 0.4) is 0 Å². The van der Waals surface area contributed by atoms with Gasteiger partial charge in [0.1, 0.15) is 0 Å². The van der Waals surface area contributed by atoms with E-state index in [4.69, 9.17) is 0 Å². The summed E-state index contributed by atoms with van der Waals surface area (Å²) in [6, 6.07) is 0. The van der Waals surface area contributed by atoms with Crippen LogP contribution in [0.2, 0.25) is 0 Å². The van der Waals surface area contributed by atoms with Crippen molar-refractivity contribution in [3.63, 3.8) is 0 Å². The van der Waals surface area contributed by atoms with Crippen molar-refractivity contribution in [1.29, 1.82) is 0 Å². The van der Waals surface area contributed by atoms with Gasteiger partial charge < -0.3 is 10.2 Å². The molecule has 0 aromatic rings. The van der Waals surface area contributed by atoms with Gasteiger partial charge in [-0.05, 0) is 19.3 Å². The lowest BCUT2D eigenvalue weighted by molar-refractivity contribution is -0.0950. The summed E-state index contributed by atoms with van der Waals surface area (Å²) < 4.78 is 0. The van der Waals surface area contributed by atoms with Crippen molar-refractivity contribution in [3.05, 3.63) is 12.7 Å².